The van der Waals surface area contributed by atoms with E-state index in [-0.39, 0.29) is 11.0 Å². The third-order valence-corrected chi connectivity index (χ3v) is 4.36. The Hall–Kier alpha value is -2.75. The Morgan fingerprint density at radius 1 is 1.08 bits per heavy atom. The minimum atomic E-state index is -5.83. The molecule has 1 aromatic heterocycles. The zero-order chi connectivity index (χ0) is 18.4. The molecule has 1 heterocycles. The van der Waals surface area contributed by atoms with Crippen LogP contribution in [-0.4, -0.2) is 21.0 Å². The highest BCUT2D eigenvalue weighted by Gasteiger charge is 2.48. The number of methoxy groups -OCH3 is 1. The van der Waals surface area contributed by atoms with Crippen molar-refractivity contribution in [1.29, 1.82) is 0 Å². The van der Waals surface area contributed by atoms with Crippen molar-refractivity contribution in [3.63, 3.8) is 0 Å². The number of hydrogen-bond acceptors (Lipinski definition) is 6. The van der Waals surface area contributed by atoms with Crippen LogP contribution < -0.4 is 14.5 Å². The molecule has 0 saturated carbocycles. The highest BCUT2D eigenvalue weighted by atomic mass is 32.2. The van der Waals surface area contributed by atoms with Crippen molar-refractivity contribution in [2.45, 2.75) is 5.51 Å². The summed E-state index contributed by atoms with van der Waals surface area (Å²) in [6.45, 7) is 0. The number of ether oxygens (including phenoxy) is 1. The van der Waals surface area contributed by atoms with Crippen molar-refractivity contribution in [1.82, 2.24) is 0 Å². The lowest BCUT2D eigenvalue weighted by atomic mass is 10.1. The molecule has 0 amide bonds. The number of benzene rings is 2. The van der Waals surface area contributed by atoms with Gasteiger partial charge in [0.2, 0.25) is 0 Å². The zero-order valence-corrected chi connectivity index (χ0v) is 13.3. The Bertz CT molecular complexity index is 1130. The maximum absolute atomic E-state index is 12.4. The van der Waals surface area contributed by atoms with Gasteiger partial charge >= 0.3 is 21.3 Å². The quantitative estimate of drug-likeness (QED) is 0.303. The highest BCUT2D eigenvalue weighted by Crippen LogP contribution is 2.34. The fourth-order valence-electron chi connectivity index (χ4n) is 2.32. The summed E-state index contributed by atoms with van der Waals surface area (Å²) in [6, 6.07) is 7.88. The summed E-state index contributed by atoms with van der Waals surface area (Å²) in [5.41, 5.74) is -6.47. The Kier molecular flexibility index (Phi) is 3.87. The number of fused-ring (bicyclic) bond motifs is 3. The van der Waals surface area contributed by atoms with Gasteiger partial charge in [0.15, 0.2) is 0 Å². The molecule has 0 N–H and O–H groups in total. The highest BCUT2D eigenvalue weighted by molar-refractivity contribution is 7.88. The summed E-state index contributed by atoms with van der Waals surface area (Å²) in [6.07, 6.45) is 0. The molecular formula is C15H9F3O6S. The lowest BCUT2D eigenvalue weighted by Crippen LogP contribution is -2.28. The first-order valence-electron chi connectivity index (χ1n) is 6.68. The number of halogens is 3. The van der Waals surface area contributed by atoms with Crippen LogP contribution in [0.4, 0.5) is 13.2 Å². The molecular weight excluding hydrogens is 365 g/mol. The maximum Gasteiger partial charge on any atom is 0.534 e. The van der Waals surface area contributed by atoms with Gasteiger partial charge in [-0.15, -0.1) is 0 Å². The minimum Gasteiger partial charge on any atom is -0.496 e. The second-order valence-electron chi connectivity index (χ2n) is 4.91. The predicted octanol–water partition coefficient (Wildman–Crippen LogP) is 3.18. The van der Waals surface area contributed by atoms with E-state index in [0.29, 0.717) is 16.5 Å². The van der Waals surface area contributed by atoms with Gasteiger partial charge in [0.05, 0.1) is 12.5 Å². The Labute approximate surface area is 138 Å². The van der Waals surface area contributed by atoms with E-state index in [1.165, 1.54) is 19.2 Å². The van der Waals surface area contributed by atoms with Gasteiger partial charge in [0, 0.05) is 16.8 Å². The molecule has 6 nitrogen and oxygen atoms in total. The standard InChI is InChI=1S/C15H9F3O6S/c1-22-11-4-2-3-10-13(11)9-6-5-8(7-12(9)23-14(10)19)24-25(20,21)15(16,17)18/h2-7H,1H3. The largest absolute Gasteiger partial charge is 0.534 e. The molecule has 3 aromatic rings. The molecule has 0 fully saturated rings. The molecule has 0 bridgehead atoms. The average molecular weight is 374 g/mol. The Morgan fingerprint density at radius 2 is 1.80 bits per heavy atom. The molecule has 0 aliphatic heterocycles. The summed E-state index contributed by atoms with van der Waals surface area (Å²) in [7, 11) is -4.44. The van der Waals surface area contributed by atoms with Crippen LogP contribution in [0.1, 0.15) is 0 Å². The van der Waals surface area contributed by atoms with Crippen LogP contribution in [0.5, 0.6) is 11.5 Å². The van der Waals surface area contributed by atoms with Gasteiger partial charge in [-0.3, -0.25) is 0 Å². The number of hydrogen-bond donors (Lipinski definition) is 0. The first-order valence-corrected chi connectivity index (χ1v) is 8.09. The Morgan fingerprint density at radius 3 is 2.44 bits per heavy atom. The lowest BCUT2D eigenvalue weighted by Gasteiger charge is -2.11. The SMILES string of the molecule is COc1cccc2c(=O)oc3cc(OS(=O)(=O)C(F)(F)F)ccc3c12. The number of alkyl halides is 3. The van der Waals surface area contributed by atoms with Gasteiger partial charge in [0.1, 0.15) is 17.1 Å². The van der Waals surface area contributed by atoms with Crippen LogP contribution in [0.15, 0.2) is 45.6 Å². The molecule has 0 atom stereocenters. The molecule has 0 saturated heterocycles. The second-order valence-corrected chi connectivity index (χ2v) is 6.45. The fourth-order valence-corrected chi connectivity index (χ4v) is 2.77. The maximum atomic E-state index is 12.4. The van der Waals surface area contributed by atoms with E-state index in [9.17, 15) is 26.4 Å². The lowest BCUT2D eigenvalue weighted by molar-refractivity contribution is -0.0500. The van der Waals surface area contributed by atoms with Crippen LogP contribution in [0.2, 0.25) is 0 Å². The van der Waals surface area contributed by atoms with E-state index >= 15 is 0 Å². The number of rotatable bonds is 3. The topological polar surface area (TPSA) is 82.8 Å². The molecule has 25 heavy (non-hydrogen) atoms. The average Bonchev–Trinajstić information content (AvgIpc) is 2.52. The van der Waals surface area contributed by atoms with Gasteiger partial charge in [-0.05, 0) is 24.3 Å². The fraction of sp³-hybridized carbons (Fsp3) is 0.133. The van der Waals surface area contributed by atoms with Crippen LogP contribution in [0.3, 0.4) is 0 Å². The first kappa shape index (κ1) is 17.1. The van der Waals surface area contributed by atoms with Crippen LogP contribution >= 0.6 is 0 Å². The van der Waals surface area contributed by atoms with Crippen molar-refractivity contribution in [3.05, 3.63) is 46.8 Å². The van der Waals surface area contributed by atoms with Crippen molar-refractivity contribution < 1.29 is 34.9 Å². The Balaban J connectivity index is 2.23. The molecule has 0 unspecified atom stereocenters. The van der Waals surface area contributed by atoms with E-state index in [4.69, 9.17) is 9.15 Å². The van der Waals surface area contributed by atoms with Gasteiger partial charge in [-0.25, -0.2) is 4.79 Å². The summed E-state index contributed by atoms with van der Waals surface area (Å²) in [5.74, 6) is -0.283. The summed E-state index contributed by atoms with van der Waals surface area (Å²) in [4.78, 5) is 12.1. The molecule has 2 aromatic carbocycles. The van der Waals surface area contributed by atoms with Crippen molar-refractivity contribution in [2.75, 3.05) is 7.11 Å². The smallest absolute Gasteiger partial charge is 0.496 e. The van der Waals surface area contributed by atoms with Gasteiger partial charge in [0.25, 0.3) is 0 Å². The first-order chi connectivity index (χ1) is 11.6. The molecule has 0 radical (unpaired) electrons. The van der Waals surface area contributed by atoms with Crippen LogP contribution in [0.25, 0.3) is 21.7 Å². The summed E-state index contributed by atoms with van der Waals surface area (Å²) >= 11 is 0. The molecule has 0 aliphatic carbocycles. The van der Waals surface area contributed by atoms with Crippen LogP contribution in [-0.2, 0) is 10.1 Å². The van der Waals surface area contributed by atoms with Crippen molar-refractivity contribution in [3.8, 4) is 11.5 Å². The third kappa shape index (κ3) is 2.88. The predicted molar refractivity (Wildman–Crippen MR) is 82.1 cm³/mol. The van der Waals surface area contributed by atoms with Crippen molar-refractivity contribution in [2.24, 2.45) is 0 Å². The molecule has 132 valence electrons. The normalized spacial score (nSPS) is 12.5. The van der Waals surface area contributed by atoms with Crippen molar-refractivity contribution >= 4 is 31.9 Å². The summed E-state index contributed by atoms with van der Waals surface area (Å²) < 4.78 is 73.6. The summed E-state index contributed by atoms with van der Waals surface area (Å²) in [5, 5.41) is 0.953. The third-order valence-electron chi connectivity index (χ3n) is 3.38. The second kappa shape index (κ2) is 5.66. The van der Waals surface area contributed by atoms with E-state index < -0.39 is 27.0 Å². The zero-order valence-electron chi connectivity index (χ0n) is 12.5. The molecule has 0 aliphatic rings. The van der Waals surface area contributed by atoms with Crippen LogP contribution in [0, 0.1) is 0 Å². The van der Waals surface area contributed by atoms with E-state index in [1.807, 2.05) is 0 Å². The van der Waals surface area contributed by atoms with E-state index in [2.05, 4.69) is 4.18 Å². The van der Waals surface area contributed by atoms with Gasteiger partial charge in [-0.2, -0.15) is 21.6 Å². The van der Waals surface area contributed by atoms with Gasteiger partial charge < -0.3 is 13.3 Å². The monoisotopic (exact) mass is 374 g/mol. The van der Waals surface area contributed by atoms with Gasteiger partial charge in [-0.1, -0.05) is 6.07 Å². The molecule has 3 rings (SSSR count). The van der Waals surface area contributed by atoms with E-state index in [0.717, 1.165) is 12.1 Å². The molecule has 0 spiro atoms. The minimum absolute atomic E-state index is 0.142. The van der Waals surface area contributed by atoms with E-state index in [1.54, 1.807) is 12.1 Å². The molecule has 10 heteroatoms.